The van der Waals surface area contributed by atoms with E-state index >= 15 is 0 Å². The Morgan fingerprint density at radius 3 is 1.96 bits per heavy atom. The highest BCUT2D eigenvalue weighted by atomic mass is 19.4. The second-order valence-corrected chi connectivity index (χ2v) is 7.15. The van der Waals surface area contributed by atoms with Gasteiger partial charge in [0.2, 0.25) is 0 Å². The smallest absolute Gasteiger partial charge is 0.166 e. The van der Waals surface area contributed by atoms with Gasteiger partial charge < -0.3 is 0 Å². The maximum Gasteiger partial charge on any atom is 0.416 e. The summed E-state index contributed by atoms with van der Waals surface area (Å²) in [6, 6.07) is 5.33. The maximum atomic E-state index is 13.3. The molecule has 0 aromatic heterocycles. The lowest BCUT2D eigenvalue weighted by Gasteiger charge is -2.17. The van der Waals surface area contributed by atoms with Gasteiger partial charge >= 0.3 is 12.4 Å². The summed E-state index contributed by atoms with van der Waals surface area (Å²) in [5, 5.41) is 0. The molecule has 1 aliphatic rings. The van der Waals surface area contributed by atoms with Crippen molar-refractivity contribution < 1.29 is 26.3 Å². The van der Waals surface area contributed by atoms with Gasteiger partial charge in [-0.25, -0.2) is 0 Å². The number of benzene rings is 2. The number of alkyl halides is 6. The molecular weight excluding hydrogens is 378 g/mol. The summed E-state index contributed by atoms with van der Waals surface area (Å²) in [7, 11) is 0. The molecule has 0 spiro atoms. The molecule has 0 N–H and O–H groups in total. The first-order valence-corrected chi connectivity index (χ1v) is 8.91. The van der Waals surface area contributed by atoms with Gasteiger partial charge in [0.15, 0.2) is 0 Å². The predicted molar refractivity (Wildman–Crippen MR) is 97.5 cm³/mol. The van der Waals surface area contributed by atoms with Gasteiger partial charge in [-0.15, -0.1) is 0 Å². The summed E-state index contributed by atoms with van der Waals surface area (Å²) >= 11 is 0. The third-order valence-electron chi connectivity index (χ3n) is 5.18. The summed E-state index contributed by atoms with van der Waals surface area (Å²) in [4.78, 5) is 0. The average Bonchev–Trinajstić information content (AvgIpc) is 3.03. The topological polar surface area (TPSA) is 0 Å². The number of fused-ring (bicyclic) bond motifs is 1. The second kappa shape index (κ2) is 6.98. The van der Waals surface area contributed by atoms with Crippen molar-refractivity contribution in [2.45, 2.75) is 39.5 Å². The van der Waals surface area contributed by atoms with Crippen LogP contribution >= 0.6 is 0 Å². The summed E-state index contributed by atoms with van der Waals surface area (Å²) < 4.78 is 79.5. The van der Waals surface area contributed by atoms with Crippen LogP contribution in [0.5, 0.6) is 0 Å². The normalized spacial score (nSPS) is 15.4. The fourth-order valence-corrected chi connectivity index (χ4v) is 3.42. The lowest BCUT2D eigenvalue weighted by Crippen LogP contribution is -2.11. The Morgan fingerprint density at radius 1 is 0.893 bits per heavy atom. The van der Waals surface area contributed by atoms with E-state index in [1.165, 1.54) is 0 Å². The van der Waals surface area contributed by atoms with Gasteiger partial charge in [0.05, 0.1) is 11.1 Å². The van der Waals surface area contributed by atoms with Crippen LogP contribution in [0.15, 0.2) is 35.9 Å². The highest BCUT2D eigenvalue weighted by Gasteiger charge is 2.37. The Balaban J connectivity index is 2.26. The van der Waals surface area contributed by atoms with E-state index < -0.39 is 23.5 Å². The number of hydrogen-bond acceptors (Lipinski definition) is 0. The van der Waals surface area contributed by atoms with Crippen LogP contribution in [0.2, 0.25) is 0 Å². The first-order chi connectivity index (χ1) is 12.9. The predicted octanol–water partition coefficient (Wildman–Crippen LogP) is 7.70. The highest BCUT2D eigenvalue weighted by molar-refractivity contribution is 5.85. The molecule has 0 nitrogen and oxygen atoms in total. The maximum absolute atomic E-state index is 13.3. The SMILES string of the molecule is CCC(C)C1=Cc2c(ccc(C)c2-c2cc(C(F)(F)F)cc(C(F)(F)F)c2)[CH]1. The van der Waals surface area contributed by atoms with Crippen molar-refractivity contribution in [3.05, 3.63) is 70.1 Å². The molecule has 0 heterocycles. The van der Waals surface area contributed by atoms with Gasteiger partial charge in [-0.3, -0.25) is 0 Å². The zero-order valence-corrected chi connectivity index (χ0v) is 15.6. The molecule has 2 aromatic carbocycles. The van der Waals surface area contributed by atoms with Crippen LogP contribution < -0.4 is 0 Å². The molecule has 2 aromatic rings. The first kappa shape index (κ1) is 20.5. The Bertz CT molecular complexity index is 899. The molecule has 1 aliphatic carbocycles. The Labute approximate surface area is 159 Å². The van der Waals surface area contributed by atoms with Gasteiger partial charge in [-0.2, -0.15) is 26.3 Å². The van der Waals surface area contributed by atoms with Crippen LogP contribution in [0.1, 0.15) is 48.1 Å². The highest BCUT2D eigenvalue weighted by Crippen LogP contribution is 2.43. The number of rotatable bonds is 3. The molecule has 0 bridgehead atoms. The molecule has 0 saturated carbocycles. The number of allylic oxidation sites excluding steroid dienone is 1. The van der Waals surface area contributed by atoms with E-state index in [1.54, 1.807) is 13.0 Å². The number of hydrogen-bond donors (Lipinski definition) is 0. The van der Waals surface area contributed by atoms with E-state index in [0.29, 0.717) is 16.7 Å². The molecule has 0 saturated heterocycles. The molecule has 28 heavy (non-hydrogen) atoms. The number of aryl methyl sites for hydroxylation is 1. The van der Waals surface area contributed by atoms with Crippen LogP contribution in [-0.2, 0) is 12.4 Å². The van der Waals surface area contributed by atoms with Crippen molar-refractivity contribution in [3.8, 4) is 11.1 Å². The lowest BCUT2D eigenvalue weighted by molar-refractivity contribution is -0.143. The van der Waals surface area contributed by atoms with Gasteiger partial charge in [0.1, 0.15) is 0 Å². The van der Waals surface area contributed by atoms with Gasteiger partial charge in [-0.05, 0) is 65.3 Å². The van der Waals surface area contributed by atoms with Crippen LogP contribution in [0.4, 0.5) is 26.3 Å². The number of halogens is 6. The molecule has 3 rings (SSSR count). The van der Waals surface area contributed by atoms with Crippen LogP contribution in [0.25, 0.3) is 17.2 Å². The van der Waals surface area contributed by atoms with E-state index in [9.17, 15) is 26.3 Å². The second-order valence-electron chi connectivity index (χ2n) is 7.15. The molecule has 0 amide bonds. The fourth-order valence-electron chi connectivity index (χ4n) is 3.42. The third kappa shape index (κ3) is 3.82. The minimum atomic E-state index is -4.87. The first-order valence-electron chi connectivity index (χ1n) is 8.91. The third-order valence-corrected chi connectivity index (χ3v) is 5.18. The average molecular weight is 397 g/mol. The molecule has 1 atom stereocenters. The van der Waals surface area contributed by atoms with E-state index in [1.807, 2.05) is 32.4 Å². The zero-order valence-electron chi connectivity index (χ0n) is 15.6. The van der Waals surface area contributed by atoms with Crippen LogP contribution in [0, 0.1) is 19.3 Å². The summed E-state index contributed by atoms with van der Waals surface area (Å²) in [6.07, 6.45) is -5.03. The Hall–Kier alpha value is -2.24. The monoisotopic (exact) mass is 397 g/mol. The lowest BCUT2D eigenvalue weighted by atomic mass is 9.90. The van der Waals surface area contributed by atoms with Gasteiger partial charge in [-0.1, -0.05) is 37.6 Å². The molecule has 149 valence electrons. The molecule has 1 unspecified atom stereocenters. The summed E-state index contributed by atoms with van der Waals surface area (Å²) in [6.45, 7) is 5.75. The van der Waals surface area contributed by atoms with Gasteiger partial charge in [0.25, 0.3) is 0 Å². The van der Waals surface area contributed by atoms with Crippen molar-refractivity contribution in [1.82, 2.24) is 0 Å². The standard InChI is InChI=1S/C22H19F6/c1-4-12(2)15-7-14-6-5-13(3)20(19(14)10-15)16-8-17(21(23,24)25)11-18(9-16)22(26,27)28/h5-12H,4H2,1-3H3. The fraction of sp³-hybridized carbons (Fsp3) is 0.318. The summed E-state index contributed by atoms with van der Waals surface area (Å²) in [5.74, 6) is 0.243. The zero-order chi connectivity index (χ0) is 20.9. The van der Waals surface area contributed by atoms with E-state index in [4.69, 9.17) is 0 Å². The van der Waals surface area contributed by atoms with Crippen LogP contribution in [-0.4, -0.2) is 0 Å². The minimum Gasteiger partial charge on any atom is -0.166 e. The minimum absolute atomic E-state index is 0.0773. The van der Waals surface area contributed by atoms with Crippen molar-refractivity contribution in [3.63, 3.8) is 0 Å². The van der Waals surface area contributed by atoms with Crippen molar-refractivity contribution >= 4 is 6.08 Å². The van der Waals surface area contributed by atoms with Crippen molar-refractivity contribution in [2.75, 3.05) is 0 Å². The van der Waals surface area contributed by atoms with Crippen molar-refractivity contribution in [2.24, 2.45) is 5.92 Å². The quantitative estimate of drug-likeness (QED) is 0.466. The Morgan fingerprint density at radius 2 is 1.46 bits per heavy atom. The van der Waals surface area contributed by atoms with Crippen LogP contribution in [0.3, 0.4) is 0 Å². The largest absolute Gasteiger partial charge is 0.416 e. The van der Waals surface area contributed by atoms with Gasteiger partial charge in [0, 0.05) is 6.42 Å². The molecular formula is C22H19F6. The molecule has 0 fully saturated rings. The van der Waals surface area contributed by atoms with E-state index in [0.717, 1.165) is 29.7 Å². The van der Waals surface area contributed by atoms with E-state index in [2.05, 4.69) is 0 Å². The molecule has 6 heteroatoms. The molecule has 0 aliphatic heterocycles. The van der Waals surface area contributed by atoms with Crippen molar-refractivity contribution in [1.29, 1.82) is 0 Å². The summed E-state index contributed by atoms with van der Waals surface area (Å²) in [5.41, 5.74) is 0.846. The molecule has 1 radical (unpaired) electrons. The Kier molecular flexibility index (Phi) is 5.11. The van der Waals surface area contributed by atoms with E-state index in [-0.39, 0.29) is 17.5 Å².